The Morgan fingerprint density at radius 1 is 1.44 bits per heavy atom. The van der Waals surface area contributed by atoms with Crippen molar-refractivity contribution in [2.45, 2.75) is 25.5 Å². The highest BCUT2D eigenvalue weighted by Gasteiger charge is 2.18. The first-order valence-electron chi connectivity index (χ1n) is 8.57. The predicted molar refractivity (Wildman–Crippen MR) is 116 cm³/mol. The van der Waals surface area contributed by atoms with E-state index in [4.69, 9.17) is 0 Å². The molecular weight excluding hydrogens is 398 g/mol. The smallest absolute Gasteiger partial charge is 0.263 e. The van der Waals surface area contributed by atoms with Crippen LogP contribution in [0.1, 0.15) is 13.8 Å². The van der Waals surface area contributed by atoms with E-state index in [2.05, 4.69) is 16.9 Å². The molecule has 0 saturated heterocycles. The molecule has 3 aromatic heterocycles. The van der Waals surface area contributed by atoms with Gasteiger partial charge in [0.05, 0.1) is 11.1 Å². The molecule has 0 fully saturated rings. The molecule has 0 spiro atoms. The average molecular weight is 420 g/mol. The maximum Gasteiger partial charge on any atom is 0.263 e. The Morgan fingerprint density at radius 3 is 2.93 bits per heavy atom. The van der Waals surface area contributed by atoms with Crippen LogP contribution >= 0.6 is 34.4 Å². The van der Waals surface area contributed by atoms with Crippen molar-refractivity contribution in [1.29, 1.82) is 0 Å². The molecule has 8 heteroatoms. The lowest BCUT2D eigenvalue weighted by Crippen LogP contribution is -2.29. The average Bonchev–Trinajstić information content (AvgIpc) is 3.30. The standard InChI is InChI=1S/C19H21N3O2S3/c1-4-7-22-18(24)16-13(14-6-5-8-25-14)10-26-17(16)21-19(22)27-11-15(23)20-9-12(2)3/h4-6,8,10,12H,1,7,9,11H2,2-3H3,(H,20,23). The first-order valence-corrected chi connectivity index (χ1v) is 11.3. The summed E-state index contributed by atoms with van der Waals surface area (Å²) in [7, 11) is 0. The summed E-state index contributed by atoms with van der Waals surface area (Å²) in [4.78, 5) is 31.6. The van der Waals surface area contributed by atoms with Crippen LogP contribution in [0.5, 0.6) is 0 Å². The molecule has 142 valence electrons. The van der Waals surface area contributed by atoms with E-state index >= 15 is 0 Å². The molecule has 0 unspecified atom stereocenters. The van der Waals surface area contributed by atoms with E-state index in [1.54, 1.807) is 22.0 Å². The number of fused-ring (bicyclic) bond motifs is 1. The van der Waals surface area contributed by atoms with E-state index in [1.165, 1.54) is 23.1 Å². The van der Waals surface area contributed by atoms with Gasteiger partial charge in [-0.25, -0.2) is 4.98 Å². The topological polar surface area (TPSA) is 64.0 Å². The summed E-state index contributed by atoms with van der Waals surface area (Å²) in [6.45, 7) is 8.85. The number of nitrogens with zero attached hydrogens (tertiary/aromatic N) is 2. The summed E-state index contributed by atoms with van der Waals surface area (Å²) in [5, 5.41) is 8.05. The fraction of sp³-hybridized carbons (Fsp3) is 0.316. The molecule has 0 aliphatic heterocycles. The maximum absolute atomic E-state index is 13.1. The quantitative estimate of drug-likeness (QED) is 0.337. The summed E-state index contributed by atoms with van der Waals surface area (Å²) in [5.41, 5.74) is 0.834. The number of aromatic nitrogens is 2. The zero-order valence-electron chi connectivity index (χ0n) is 15.2. The molecule has 1 N–H and O–H groups in total. The Hall–Kier alpha value is -1.90. The van der Waals surface area contributed by atoms with Gasteiger partial charge in [0.1, 0.15) is 4.83 Å². The lowest BCUT2D eigenvalue weighted by atomic mass is 10.2. The molecule has 3 rings (SSSR count). The fourth-order valence-corrected chi connectivity index (χ4v) is 5.16. The van der Waals surface area contributed by atoms with Crippen molar-refractivity contribution in [2.75, 3.05) is 12.3 Å². The van der Waals surface area contributed by atoms with Gasteiger partial charge >= 0.3 is 0 Å². The van der Waals surface area contributed by atoms with Crippen LogP contribution in [-0.4, -0.2) is 27.8 Å². The summed E-state index contributed by atoms with van der Waals surface area (Å²) >= 11 is 4.34. The zero-order chi connectivity index (χ0) is 19.4. The highest BCUT2D eigenvalue weighted by Crippen LogP contribution is 2.34. The molecule has 3 aromatic rings. The van der Waals surface area contributed by atoms with E-state index in [1.807, 2.05) is 36.7 Å². The van der Waals surface area contributed by atoms with E-state index in [9.17, 15) is 9.59 Å². The van der Waals surface area contributed by atoms with Gasteiger partial charge in [0.2, 0.25) is 5.91 Å². The number of thiophene rings is 2. The van der Waals surface area contributed by atoms with Gasteiger partial charge in [-0.1, -0.05) is 37.8 Å². The summed E-state index contributed by atoms with van der Waals surface area (Å²) in [6.07, 6.45) is 1.68. The molecule has 0 bridgehead atoms. The normalized spacial score (nSPS) is 11.2. The number of thioether (sulfide) groups is 1. The number of carbonyl (C=O) groups is 1. The molecule has 1 amide bonds. The third-order valence-electron chi connectivity index (χ3n) is 3.80. The molecule has 0 aromatic carbocycles. The first-order chi connectivity index (χ1) is 13.0. The van der Waals surface area contributed by atoms with Crippen LogP contribution in [-0.2, 0) is 11.3 Å². The van der Waals surface area contributed by atoms with Gasteiger partial charge < -0.3 is 5.32 Å². The summed E-state index contributed by atoms with van der Waals surface area (Å²) in [6, 6.07) is 3.98. The molecule has 0 radical (unpaired) electrons. The van der Waals surface area contributed by atoms with Crippen LogP contribution in [0.15, 0.2) is 45.5 Å². The van der Waals surface area contributed by atoms with Crippen molar-refractivity contribution in [3.05, 3.63) is 45.9 Å². The first kappa shape index (κ1) is 19.9. The van der Waals surface area contributed by atoms with E-state index in [0.29, 0.717) is 34.4 Å². The number of hydrogen-bond acceptors (Lipinski definition) is 6. The van der Waals surface area contributed by atoms with Gasteiger partial charge in [0.25, 0.3) is 5.56 Å². The fourth-order valence-electron chi connectivity index (χ4n) is 2.52. The second kappa shape index (κ2) is 8.86. The molecule has 27 heavy (non-hydrogen) atoms. The SMILES string of the molecule is C=CCn1c(SCC(=O)NCC(C)C)nc2scc(-c3cccs3)c2c1=O. The van der Waals surface area contributed by atoms with Gasteiger partial charge in [0, 0.05) is 28.9 Å². The predicted octanol–water partition coefficient (Wildman–Crippen LogP) is 4.24. The lowest BCUT2D eigenvalue weighted by Gasteiger charge is -2.11. The Bertz CT molecular complexity index is 1000. The van der Waals surface area contributed by atoms with Crippen LogP contribution in [0, 0.1) is 5.92 Å². The van der Waals surface area contributed by atoms with Crippen molar-refractivity contribution < 1.29 is 4.79 Å². The summed E-state index contributed by atoms with van der Waals surface area (Å²) < 4.78 is 1.60. The molecule has 0 aliphatic carbocycles. The van der Waals surface area contributed by atoms with Gasteiger partial charge in [-0.05, 0) is 17.4 Å². The Labute approximate surface area is 170 Å². The Kier molecular flexibility index (Phi) is 6.51. The number of hydrogen-bond donors (Lipinski definition) is 1. The summed E-state index contributed by atoms with van der Waals surface area (Å²) in [5.74, 6) is 0.568. The van der Waals surface area contributed by atoms with Crippen LogP contribution < -0.4 is 10.9 Å². The molecule has 0 atom stereocenters. The molecule has 3 heterocycles. The molecule has 0 aliphatic rings. The van der Waals surface area contributed by atoms with Crippen LogP contribution in [0.3, 0.4) is 0 Å². The number of carbonyl (C=O) groups excluding carboxylic acids is 1. The number of rotatable bonds is 8. The van der Waals surface area contributed by atoms with E-state index < -0.39 is 0 Å². The van der Waals surface area contributed by atoms with E-state index in [0.717, 1.165) is 10.4 Å². The van der Waals surface area contributed by atoms with Gasteiger partial charge in [-0.3, -0.25) is 14.2 Å². The van der Waals surface area contributed by atoms with E-state index in [-0.39, 0.29) is 17.2 Å². The Morgan fingerprint density at radius 2 is 2.26 bits per heavy atom. The molecule has 0 saturated carbocycles. The minimum absolute atomic E-state index is 0.0568. The van der Waals surface area contributed by atoms with Crippen molar-refractivity contribution in [1.82, 2.24) is 14.9 Å². The third-order valence-corrected chi connectivity index (χ3v) is 6.55. The van der Waals surface area contributed by atoms with Crippen molar-refractivity contribution >= 4 is 50.6 Å². The maximum atomic E-state index is 13.1. The highest BCUT2D eigenvalue weighted by atomic mass is 32.2. The van der Waals surface area contributed by atoms with Gasteiger partial charge in [0.15, 0.2) is 5.16 Å². The van der Waals surface area contributed by atoms with Crippen LogP contribution in [0.4, 0.5) is 0 Å². The zero-order valence-corrected chi connectivity index (χ0v) is 17.7. The second-order valence-electron chi connectivity index (χ2n) is 6.39. The number of amides is 1. The molecular formula is C19H21N3O2S3. The van der Waals surface area contributed by atoms with Gasteiger partial charge in [-0.2, -0.15) is 0 Å². The number of nitrogens with one attached hydrogen (secondary N) is 1. The second-order valence-corrected chi connectivity index (χ2v) is 9.14. The number of allylic oxidation sites excluding steroid dienone is 1. The van der Waals surface area contributed by atoms with Gasteiger partial charge in [-0.15, -0.1) is 29.3 Å². The van der Waals surface area contributed by atoms with Crippen molar-refractivity contribution in [3.63, 3.8) is 0 Å². The molecule has 5 nitrogen and oxygen atoms in total. The van der Waals surface area contributed by atoms with Crippen molar-refractivity contribution in [2.24, 2.45) is 5.92 Å². The third kappa shape index (κ3) is 4.51. The van der Waals surface area contributed by atoms with Crippen LogP contribution in [0.2, 0.25) is 0 Å². The Balaban J connectivity index is 1.94. The minimum Gasteiger partial charge on any atom is -0.355 e. The monoisotopic (exact) mass is 419 g/mol. The largest absolute Gasteiger partial charge is 0.355 e. The highest BCUT2D eigenvalue weighted by molar-refractivity contribution is 7.99. The van der Waals surface area contributed by atoms with Crippen LogP contribution in [0.25, 0.3) is 20.7 Å². The lowest BCUT2D eigenvalue weighted by molar-refractivity contribution is -0.118. The minimum atomic E-state index is -0.0883. The van der Waals surface area contributed by atoms with Crippen molar-refractivity contribution in [3.8, 4) is 10.4 Å².